The van der Waals surface area contributed by atoms with Crippen LogP contribution in [0.5, 0.6) is 23.0 Å². The number of rotatable bonds is 5. The standard InChI is InChI=1S/C20H14FIO4/c1-12-2-6-15(7-3-12)25-17-10-13(20(23)24)11-18(19(17)21)26-16-8-4-14(22)5-9-16/h2-11H,1H3,(H,23,24). The van der Waals surface area contributed by atoms with Crippen LogP contribution in [-0.4, -0.2) is 11.1 Å². The number of hydrogen-bond acceptors (Lipinski definition) is 3. The number of carboxylic acid groups (broad SMARTS) is 1. The molecule has 0 saturated heterocycles. The molecule has 6 heteroatoms. The van der Waals surface area contributed by atoms with E-state index in [-0.39, 0.29) is 17.1 Å². The van der Waals surface area contributed by atoms with E-state index >= 15 is 0 Å². The summed E-state index contributed by atoms with van der Waals surface area (Å²) in [4.78, 5) is 11.4. The maximum atomic E-state index is 14.8. The minimum atomic E-state index is -1.20. The van der Waals surface area contributed by atoms with Gasteiger partial charge < -0.3 is 14.6 Å². The maximum Gasteiger partial charge on any atom is 0.335 e. The third-order valence-electron chi connectivity index (χ3n) is 3.54. The van der Waals surface area contributed by atoms with E-state index in [1.54, 1.807) is 36.4 Å². The Balaban J connectivity index is 1.98. The highest BCUT2D eigenvalue weighted by Crippen LogP contribution is 2.35. The predicted octanol–water partition coefficient (Wildman–Crippen LogP) is 6.02. The normalized spacial score (nSPS) is 10.4. The van der Waals surface area contributed by atoms with Gasteiger partial charge in [0.2, 0.25) is 5.82 Å². The first-order valence-corrected chi connectivity index (χ1v) is 8.75. The molecule has 132 valence electrons. The van der Waals surface area contributed by atoms with E-state index in [1.165, 1.54) is 0 Å². The van der Waals surface area contributed by atoms with Gasteiger partial charge in [-0.3, -0.25) is 0 Å². The van der Waals surface area contributed by atoms with E-state index in [9.17, 15) is 14.3 Å². The second kappa shape index (κ2) is 7.74. The zero-order chi connectivity index (χ0) is 18.7. The van der Waals surface area contributed by atoms with Crippen LogP contribution in [0.15, 0.2) is 60.7 Å². The lowest BCUT2D eigenvalue weighted by molar-refractivity contribution is 0.0696. The average molecular weight is 464 g/mol. The molecule has 1 N–H and O–H groups in total. The summed E-state index contributed by atoms with van der Waals surface area (Å²) in [7, 11) is 0. The summed E-state index contributed by atoms with van der Waals surface area (Å²) in [5.74, 6) is -1.60. The molecule has 0 unspecified atom stereocenters. The van der Waals surface area contributed by atoms with Crippen LogP contribution in [0.25, 0.3) is 0 Å². The Bertz CT molecular complexity index is 869. The Morgan fingerprint density at radius 1 is 0.923 bits per heavy atom. The van der Waals surface area contributed by atoms with Gasteiger partial charge in [-0.1, -0.05) is 17.7 Å². The Morgan fingerprint density at radius 3 is 1.85 bits per heavy atom. The summed E-state index contributed by atoms with van der Waals surface area (Å²) in [6.45, 7) is 1.92. The van der Waals surface area contributed by atoms with Crippen molar-refractivity contribution >= 4 is 28.6 Å². The molecular weight excluding hydrogens is 450 g/mol. The van der Waals surface area contributed by atoms with E-state index < -0.39 is 11.8 Å². The van der Waals surface area contributed by atoms with Gasteiger partial charge in [0, 0.05) is 3.57 Å². The predicted molar refractivity (Wildman–Crippen MR) is 104 cm³/mol. The summed E-state index contributed by atoms with van der Waals surface area (Å²) in [6, 6.07) is 16.2. The van der Waals surface area contributed by atoms with Crippen molar-refractivity contribution in [2.75, 3.05) is 0 Å². The molecule has 3 aromatic carbocycles. The van der Waals surface area contributed by atoms with E-state index in [2.05, 4.69) is 22.6 Å². The largest absolute Gasteiger partial charge is 0.478 e. The molecule has 0 aliphatic heterocycles. The summed E-state index contributed by atoms with van der Waals surface area (Å²) >= 11 is 2.14. The lowest BCUT2D eigenvalue weighted by Crippen LogP contribution is -2.01. The first-order chi connectivity index (χ1) is 12.4. The molecule has 3 rings (SSSR count). The van der Waals surface area contributed by atoms with Crippen molar-refractivity contribution in [3.05, 3.63) is 81.2 Å². The van der Waals surface area contributed by atoms with Gasteiger partial charge in [-0.25, -0.2) is 4.79 Å². The van der Waals surface area contributed by atoms with Gasteiger partial charge in [0.15, 0.2) is 11.5 Å². The molecule has 26 heavy (non-hydrogen) atoms. The molecule has 0 radical (unpaired) electrons. The molecule has 0 aromatic heterocycles. The highest BCUT2D eigenvalue weighted by atomic mass is 127. The minimum absolute atomic E-state index is 0.131. The fourth-order valence-electron chi connectivity index (χ4n) is 2.21. The quantitative estimate of drug-likeness (QED) is 0.470. The van der Waals surface area contributed by atoms with Gasteiger partial charge in [-0.2, -0.15) is 4.39 Å². The summed E-state index contributed by atoms with van der Waals surface area (Å²) in [6.07, 6.45) is 0. The van der Waals surface area contributed by atoms with E-state index in [4.69, 9.17) is 9.47 Å². The molecule has 0 fully saturated rings. The van der Waals surface area contributed by atoms with Gasteiger partial charge in [-0.05, 0) is 78.0 Å². The van der Waals surface area contributed by atoms with E-state index in [0.29, 0.717) is 11.5 Å². The lowest BCUT2D eigenvalue weighted by atomic mass is 10.2. The van der Waals surface area contributed by atoms with Crippen molar-refractivity contribution in [1.82, 2.24) is 0 Å². The molecule has 0 amide bonds. The Kier molecular flexibility index (Phi) is 5.41. The van der Waals surface area contributed by atoms with Crippen LogP contribution in [0.2, 0.25) is 0 Å². The molecule has 0 saturated carbocycles. The Labute approximate surface area is 163 Å². The van der Waals surface area contributed by atoms with Gasteiger partial charge in [0.25, 0.3) is 0 Å². The number of aromatic carboxylic acids is 1. The smallest absolute Gasteiger partial charge is 0.335 e. The second-order valence-corrected chi connectivity index (χ2v) is 6.81. The van der Waals surface area contributed by atoms with Gasteiger partial charge >= 0.3 is 5.97 Å². The van der Waals surface area contributed by atoms with Crippen LogP contribution in [0, 0.1) is 16.3 Å². The van der Waals surface area contributed by atoms with Crippen molar-refractivity contribution in [2.24, 2.45) is 0 Å². The van der Waals surface area contributed by atoms with Crippen LogP contribution >= 0.6 is 22.6 Å². The third-order valence-corrected chi connectivity index (χ3v) is 4.26. The number of ether oxygens (including phenoxy) is 2. The third kappa shape index (κ3) is 4.32. The van der Waals surface area contributed by atoms with Crippen LogP contribution in [0.1, 0.15) is 15.9 Å². The first kappa shape index (κ1) is 18.2. The van der Waals surface area contributed by atoms with Crippen molar-refractivity contribution in [2.45, 2.75) is 6.92 Å². The summed E-state index contributed by atoms with van der Waals surface area (Å²) < 4.78 is 26.9. The lowest BCUT2D eigenvalue weighted by Gasteiger charge is -2.13. The van der Waals surface area contributed by atoms with Crippen molar-refractivity contribution in [3.63, 3.8) is 0 Å². The number of carboxylic acids is 1. The average Bonchev–Trinajstić information content (AvgIpc) is 2.62. The SMILES string of the molecule is Cc1ccc(Oc2cc(C(=O)O)cc(Oc3ccc(I)cc3)c2F)cc1. The van der Waals surface area contributed by atoms with Crippen molar-refractivity contribution in [3.8, 4) is 23.0 Å². The Morgan fingerprint density at radius 2 is 1.38 bits per heavy atom. The topological polar surface area (TPSA) is 55.8 Å². The number of aryl methyl sites for hydroxylation is 1. The van der Waals surface area contributed by atoms with Crippen LogP contribution in [0.4, 0.5) is 4.39 Å². The van der Waals surface area contributed by atoms with Gasteiger partial charge in [-0.15, -0.1) is 0 Å². The molecule has 0 heterocycles. The number of benzene rings is 3. The van der Waals surface area contributed by atoms with Crippen molar-refractivity contribution < 1.29 is 23.8 Å². The van der Waals surface area contributed by atoms with Crippen LogP contribution in [0.3, 0.4) is 0 Å². The van der Waals surface area contributed by atoms with Gasteiger partial charge in [0.05, 0.1) is 5.56 Å². The molecule has 0 aliphatic rings. The van der Waals surface area contributed by atoms with E-state index in [1.807, 2.05) is 19.1 Å². The minimum Gasteiger partial charge on any atom is -0.478 e. The molecule has 0 bridgehead atoms. The molecule has 0 aliphatic carbocycles. The van der Waals surface area contributed by atoms with Crippen LogP contribution in [-0.2, 0) is 0 Å². The molecule has 0 spiro atoms. The first-order valence-electron chi connectivity index (χ1n) is 7.67. The van der Waals surface area contributed by atoms with E-state index in [0.717, 1.165) is 21.3 Å². The fraction of sp³-hybridized carbons (Fsp3) is 0.0500. The zero-order valence-electron chi connectivity index (χ0n) is 13.7. The molecule has 4 nitrogen and oxygen atoms in total. The second-order valence-electron chi connectivity index (χ2n) is 5.56. The Hall–Kier alpha value is -2.61. The number of halogens is 2. The number of carbonyl (C=O) groups is 1. The van der Waals surface area contributed by atoms with Crippen LogP contribution < -0.4 is 9.47 Å². The highest BCUT2D eigenvalue weighted by Gasteiger charge is 2.18. The maximum absolute atomic E-state index is 14.8. The molecule has 0 atom stereocenters. The fourth-order valence-corrected chi connectivity index (χ4v) is 2.57. The number of hydrogen-bond donors (Lipinski definition) is 1. The summed E-state index contributed by atoms with van der Waals surface area (Å²) in [5.41, 5.74) is 0.897. The zero-order valence-corrected chi connectivity index (χ0v) is 15.9. The van der Waals surface area contributed by atoms with Gasteiger partial charge in [0.1, 0.15) is 11.5 Å². The van der Waals surface area contributed by atoms with Crippen molar-refractivity contribution in [1.29, 1.82) is 0 Å². The monoisotopic (exact) mass is 464 g/mol. The molecule has 3 aromatic rings. The molecular formula is C20H14FIO4. The summed E-state index contributed by atoms with van der Waals surface area (Å²) in [5, 5.41) is 9.30. The highest BCUT2D eigenvalue weighted by molar-refractivity contribution is 14.1.